The molecular formula is C14H18ClN3O2. The molecule has 1 aromatic carbocycles. The quantitative estimate of drug-likeness (QED) is 0.936. The van der Waals surface area contributed by atoms with Crippen molar-refractivity contribution in [3.63, 3.8) is 0 Å². The van der Waals surface area contributed by atoms with E-state index < -0.39 is 0 Å². The molecule has 0 unspecified atom stereocenters. The Morgan fingerprint density at radius 2 is 1.95 bits per heavy atom. The topological polar surface area (TPSA) is 50.5 Å². The minimum absolute atomic E-state index is 0. The van der Waals surface area contributed by atoms with Crippen LogP contribution in [0.3, 0.4) is 0 Å². The SMILES string of the molecule is Cl.c1ccc(OCc2cc(N3CCNCC3)no2)cc1. The number of benzene rings is 1. The van der Waals surface area contributed by atoms with E-state index in [2.05, 4.69) is 15.4 Å². The van der Waals surface area contributed by atoms with Crippen LogP contribution in [0.25, 0.3) is 0 Å². The smallest absolute Gasteiger partial charge is 0.176 e. The van der Waals surface area contributed by atoms with Crippen molar-refractivity contribution in [2.75, 3.05) is 31.1 Å². The summed E-state index contributed by atoms with van der Waals surface area (Å²) in [5.74, 6) is 2.48. The highest BCUT2D eigenvalue weighted by Crippen LogP contribution is 2.17. The van der Waals surface area contributed by atoms with Gasteiger partial charge in [-0.25, -0.2) is 0 Å². The Kier molecular flexibility index (Phi) is 5.26. The largest absolute Gasteiger partial charge is 0.486 e. The number of halogens is 1. The van der Waals surface area contributed by atoms with Gasteiger partial charge in [0.2, 0.25) is 0 Å². The number of piperazine rings is 1. The number of hydrogen-bond acceptors (Lipinski definition) is 5. The molecule has 1 saturated heterocycles. The lowest BCUT2D eigenvalue weighted by Crippen LogP contribution is -2.43. The van der Waals surface area contributed by atoms with Gasteiger partial charge in [0.1, 0.15) is 12.4 Å². The van der Waals surface area contributed by atoms with Crippen LogP contribution in [0.2, 0.25) is 0 Å². The Balaban J connectivity index is 0.00000147. The van der Waals surface area contributed by atoms with Crippen molar-refractivity contribution in [3.05, 3.63) is 42.2 Å². The van der Waals surface area contributed by atoms with Crippen LogP contribution in [0.1, 0.15) is 5.76 Å². The van der Waals surface area contributed by atoms with Crippen molar-refractivity contribution in [3.8, 4) is 5.75 Å². The first-order valence-corrected chi connectivity index (χ1v) is 6.51. The van der Waals surface area contributed by atoms with Gasteiger partial charge in [-0.1, -0.05) is 23.4 Å². The molecule has 0 saturated carbocycles. The molecule has 1 N–H and O–H groups in total. The fourth-order valence-corrected chi connectivity index (χ4v) is 2.08. The summed E-state index contributed by atoms with van der Waals surface area (Å²) in [6.45, 7) is 4.31. The van der Waals surface area contributed by atoms with E-state index in [0.29, 0.717) is 6.61 Å². The van der Waals surface area contributed by atoms with Crippen LogP contribution in [0.5, 0.6) is 5.75 Å². The maximum atomic E-state index is 5.63. The summed E-state index contributed by atoms with van der Waals surface area (Å²) in [6.07, 6.45) is 0. The van der Waals surface area contributed by atoms with Crippen LogP contribution < -0.4 is 15.0 Å². The average Bonchev–Trinajstić information content (AvgIpc) is 2.96. The molecule has 3 rings (SSSR count). The molecule has 0 aliphatic carbocycles. The van der Waals surface area contributed by atoms with E-state index >= 15 is 0 Å². The Bertz CT molecular complexity index is 512. The second-order valence-electron chi connectivity index (χ2n) is 4.49. The Labute approximate surface area is 124 Å². The molecule has 1 aromatic heterocycles. The summed E-state index contributed by atoms with van der Waals surface area (Å²) in [7, 11) is 0. The van der Waals surface area contributed by atoms with E-state index in [9.17, 15) is 0 Å². The van der Waals surface area contributed by atoms with E-state index in [1.165, 1.54) is 0 Å². The Hall–Kier alpha value is -1.72. The van der Waals surface area contributed by atoms with E-state index in [1.807, 2.05) is 36.4 Å². The summed E-state index contributed by atoms with van der Waals surface area (Å²) < 4.78 is 10.9. The minimum Gasteiger partial charge on any atom is -0.486 e. The molecule has 0 spiro atoms. The zero-order valence-electron chi connectivity index (χ0n) is 11.1. The number of rotatable bonds is 4. The third-order valence-corrected chi connectivity index (χ3v) is 3.11. The number of ether oxygens (including phenoxy) is 1. The molecule has 2 heterocycles. The lowest BCUT2D eigenvalue weighted by molar-refractivity contribution is 0.249. The summed E-state index contributed by atoms with van der Waals surface area (Å²) in [5, 5.41) is 7.41. The standard InChI is InChI=1S/C14H17N3O2.ClH/c1-2-4-12(5-3-1)18-11-13-10-14(16-19-13)17-8-6-15-7-9-17;/h1-5,10,15H,6-9,11H2;1H. The molecule has 0 bridgehead atoms. The van der Waals surface area contributed by atoms with Gasteiger partial charge in [-0.2, -0.15) is 0 Å². The van der Waals surface area contributed by atoms with E-state index in [1.54, 1.807) is 0 Å². The van der Waals surface area contributed by atoms with Gasteiger partial charge in [0, 0.05) is 32.2 Å². The minimum atomic E-state index is 0. The van der Waals surface area contributed by atoms with Crippen LogP contribution in [0, 0.1) is 0 Å². The van der Waals surface area contributed by atoms with Crippen LogP contribution in [-0.4, -0.2) is 31.3 Å². The first-order valence-electron chi connectivity index (χ1n) is 6.51. The third-order valence-electron chi connectivity index (χ3n) is 3.11. The predicted molar refractivity (Wildman–Crippen MR) is 79.6 cm³/mol. The molecule has 20 heavy (non-hydrogen) atoms. The van der Waals surface area contributed by atoms with Gasteiger partial charge in [-0.3, -0.25) is 0 Å². The highest BCUT2D eigenvalue weighted by Gasteiger charge is 2.14. The average molecular weight is 296 g/mol. The molecule has 2 aromatic rings. The molecule has 6 heteroatoms. The molecule has 108 valence electrons. The van der Waals surface area contributed by atoms with Crippen LogP contribution >= 0.6 is 12.4 Å². The van der Waals surface area contributed by atoms with Crippen molar-refractivity contribution in [1.29, 1.82) is 0 Å². The van der Waals surface area contributed by atoms with E-state index in [4.69, 9.17) is 9.26 Å². The van der Waals surface area contributed by atoms with Crippen molar-refractivity contribution in [2.45, 2.75) is 6.61 Å². The number of para-hydroxylation sites is 1. The molecule has 0 atom stereocenters. The van der Waals surface area contributed by atoms with Gasteiger partial charge in [0.15, 0.2) is 11.6 Å². The predicted octanol–water partition coefficient (Wildman–Crippen LogP) is 2.08. The Morgan fingerprint density at radius 1 is 1.20 bits per heavy atom. The number of nitrogens with one attached hydrogen (secondary N) is 1. The van der Waals surface area contributed by atoms with Gasteiger partial charge in [-0.15, -0.1) is 12.4 Å². The van der Waals surface area contributed by atoms with Gasteiger partial charge in [-0.05, 0) is 12.1 Å². The maximum Gasteiger partial charge on any atom is 0.176 e. The Morgan fingerprint density at radius 3 is 2.70 bits per heavy atom. The highest BCUT2D eigenvalue weighted by molar-refractivity contribution is 5.85. The lowest BCUT2D eigenvalue weighted by Gasteiger charge is -2.26. The zero-order chi connectivity index (χ0) is 12.9. The maximum absolute atomic E-state index is 5.63. The molecule has 0 amide bonds. The van der Waals surface area contributed by atoms with Crippen LogP contribution in [0.4, 0.5) is 5.82 Å². The highest BCUT2D eigenvalue weighted by atomic mass is 35.5. The molecular weight excluding hydrogens is 278 g/mol. The molecule has 1 fully saturated rings. The van der Waals surface area contributed by atoms with Gasteiger partial charge >= 0.3 is 0 Å². The third kappa shape index (κ3) is 3.65. The molecule has 0 radical (unpaired) electrons. The lowest BCUT2D eigenvalue weighted by atomic mass is 10.3. The zero-order valence-corrected chi connectivity index (χ0v) is 11.9. The fourth-order valence-electron chi connectivity index (χ4n) is 2.08. The summed E-state index contributed by atoms with van der Waals surface area (Å²) in [4.78, 5) is 2.21. The molecule has 1 aliphatic heterocycles. The van der Waals surface area contributed by atoms with Crippen LogP contribution in [0.15, 0.2) is 40.9 Å². The summed E-state index contributed by atoms with van der Waals surface area (Å²) >= 11 is 0. The first kappa shape index (κ1) is 14.7. The second kappa shape index (κ2) is 7.17. The van der Waals surface area contributed by atoms with Crippen LogP contribution in [-0.2, 0) is 6.61 Å². The number of anilines is 1. The first-order chi connectivity index (χ1) is 9.42. The summed E-state index contributed by atoms with van der Waals surface area (Å²) in [6, 6.07) is 11.7. The van der Waals surface area contributed by atoms with Crippen molar-refractivity contribution in [1.82, 2.24) is 10.5 Å². The normalized spacial score (nSPS) is 14.7. The van der Waals surface area contributed by atoms with Gasteiger partial charge in [0.05, 0.1) is 0 Å². The number of nitrogens with zero attached hydrogens (tertiary/aromatic N) is 2. The van der Waals surface area contributed by atoms with Crippen molar-refractivity contribution >= 4 is 18.2 Å². The van der Waals surface area contributed by atoms with Gasteiger partial charge < -0.3 is 19.5 Å². The van der Waals surface area contributed by atoms with E-state index in [-0.39, 0.29) is 12.4 Å². The van der Waals surface area contributed by atoms with Gasteiger partial charge in [0.25, 0.3) is 0 Å². The fraction of sp³-hybridized carbons (Fsp3) is 0.357. The van der Waals surface area contributed by atoms with Crippen molar-refractivity contribution < 1.29 is 9.26 Å². The number of hydrogen-bond donors (Lipinski definition) is 1. The molecule has 1 aliphatic rings. The second-order valence-corrected chi connectivity index (χ2v) is 4.49. The monoisotopic (exact) mass is 295 g/mol. The summed E-state index contributed by atoms with van der Waals surface area (Å²) in [5.41, 5.74) is 0. The van der Waals surface area contributed by atoms with Crippen molar-refractivity contribution in [2.24, 2.45) is 0 Å². The number of aromatic nitrogens is 1. The van der Waals surface area contributed by atoms with E-state index in [0.717, 1.165) is 43.5 Å². The molecule has 5 nitrogen and oxygen atoms in total.